The Kier molecular flexibility index (Phi) is 2.30. The highest BCUT2D eigenvalue weighted by molar-refractivity contribution is 5.64. The molecule has 4 heteroatoms. The van der Waals surface area contributed by atoms with Crippen LogP contribution in [0.2, 0.25) is 0 Å². The summed E-state index contributed by atoms with van der Waals surface area (Å²) in [5, 5.41) is 12.3. The third-order valence-electron chi connectivity index (χ3n) is 3.73. The van der Waals surface area contributed by atoms with Crippen LogP contribution in [0.5, 0.6) is 0 Å². The topological polar surface area (TPSA) is 45.0 Å². The number of rotatable bonds is 0. The van der Waals surface area contributed by atoms with Gasteiger partial charge in [0.15, 0.2) is 0 Å². The number of nitrogens with one attached hydrogen (secondary N) is 1. The number of hydrogen-bond acceptors (Lipinski definition) is 3. The van der Waals surface area contributed by atoms with Crippen molar-refractivity contribution in [1.82, 2.24) is 0 Å². The maximum Gasteiger partial charge on any atom is 0.147 e. The van der Waals surface area contributed by atoms with Crippen LogP contribution in [-0.4, -0.2) is 24.9 Å². The summed E-state index contributed by atoms with van der Waals surface area (Å²) in [5.41, 5.74) is 1.92. The molecule has 1 aromatic rings. The summed E-state index contributed by atoms with van der Waals surface area (Å²) >= 11 is 0. The molecule has 0 radical (unpaired) electrons. The lowest BCUT2D eigenvalue weighted by molar-refractivity contribution is -0.00545. The van der Waals surface area contributed by atoms with Gasteiger partial charge in [0.1, 0.15) is 6.17 Å². The minimum atomic E-state index is -1.02. The molecule has 1 fully saturated rings. The van der Waals surface area contributed by atoms with Crippen LogP contribution in [0.3, 0.4) is 0 Å². The maximum atomic E-state index is 14.1. The molecule has 1 aromatic carbocycles. The van der Waals surface area contributed by atoms with E-state index in [4.69, 9.17) is 10.00 Å². The standard InChI is InChI=1S/C13H13FN2O/c14-12-8-17-5-4-13(12)6-10-9(7-15)2-1-3-11(10)16-13/h1-3,12,16H,4-6,8H2. The van der Waals surface area contributed by atoms with E-state index >= 15 is 0 Å². The van der Waals surface area contributed by atoms with E-state index in [1.54, 1.807) is 6.07 Å². The van der Waals surface area contributed by atoms with Gasteiger partial charge in [0.2, 0.25) is 0 Å². The van der Waals surface area contributed by atoms with Gasteiger partial charge in [-0.15, -0.1) is 0 Å². The van der Waals surface area contributed by atoms with Crippen LogP contribution < -0.4 is 5.32 Å². The van der Waals surface area contributed by atoms with Gasteiger partial charge >= 0.3 is 0 Å². The zero-order chi connectivity index (χ0) is 11.9. The highest BCUT2D eigenvalue weighted by Gasteiger charge is 2.46. The average molecular weight is 232 g/mol. The van der Waals surface area contributed by atoms with Gasteiger partial charge in [0.25, 0.3) is 0 Å². The van der Waals surface area contributed by atoms with E-state index in [1.165, 1.54) is 0 Å². The fraction of sp³-hybridized carbons (Fsp3) is 0.462. The Morgan fingerprint density at radius 1 is 1.53 bits per heavy atom. The van der Waals surface area contributed by atoms with Crippen molar-refractivity contribution < 1.29 is 9.13 Å². The summed E-state index contributed by atoms with van der Waals surface area (Å²) in [6.07, 6.45) is 0.208. The van der Waals surface area contributed by atoms with Crippen molar-refractivity contribution >= 4 is 5.69 Å². The molecule has 0 aromatic heterocycles. The molecule has 0 aliphatic carbocycles. The molecule has 2 aliphatic heterocycles. The monoisotopic (exact) mass is 232 g/mol. The van der Waals surface area contributed by atoms with Crippen molar-refractivity contribution in [3.63, 3.8) is 0 Å². The van der Waals surface area contributed by atoms with Crippen LogP contribution in [0, 0.1) is 11.3 Å². The smallest absolute Gasteiger partial charge is 0.147 e. The van der Waals surface area contributed by atoms with Gasteiger partial charge in [-0.1, -0.05) is 6.07 Å². The Balaban J connectivity index is 1.99. The first-order valence-corrected chi connectivity index (χ1v) is 5.77. The predicted molar refractivity (Wildman–Crippen MR) is 61.5 cm³/mol. The number of nitriles is 1. The summed E-state index contributed by atoms with van der Waals surface area (Å²) in [7, 11) is 0. The highest BCUT2D eigenvalue weighted by Crippen LogP contribution is 2.40. The fourth-order valence-electron chi connectivity index (χ4n) is 2.72. The summed E-state index contributed by atoms with van der Waals surface area (Å²) in [6.45, 7) is 0.714. The van der Waals surface area contributed by atoms with Crippen molar-refractivity contribution in [1.29, 1.82) is 5.26 Å². The number of halogens is 1. The van der Waals surface area contributed by atoms with E-state index in [9.17, 15) is 4.39 Å². The Hall–Kier alpha value is -1.60. The SMILES string of the molecule is N#Cc1cccc2c1CC1(CCOCC1F)N2. The minimum absolute atomic E-state index is 0.142. The number of fused-ring (bicyclic) bond motifs is 1. The minimum Gasteiger partial charge on any atom is -0.378 e. The molecule has 2 heterocycles. The summed E-state index contributed by atoms with van der Waals surface area (Å²) < 4.78 is 19.2. The van der Waals surface area contributed by atoms with Crippen LogP contribution in [0.1, 0.15) is 17.5 Å². The van der Waals surface area contributed by atoms with Crippen molar-refractivity contribution in [3.8, 4) is 6.07 Å². The molecule has 0 saturated carbocycles. The Morgan fingerprint density at radius 2 is 2.41 bits per heavy atom. The largest absolute Gasteiger partial charge is 0.378 e. The normalized spacial score (nSPS) is 30.7. The van der Waals surface area contributed by atoms with E-state index in [-0.39, 0.29) is 6.61 Å². The zero-order valence-corrected chi connectivity index (χ0v) is 9.37. The lowest BCUT2D eigenvalue weighted by atomic mass is 9.85. The van der Waals surface area contributed by atoms with E-state index in [0.717, 1.165) is 11.3 Å². The van der Waals surface area contributed by atoms with Gasteiger partial charge in [-0.3, -0.25) is 0 Å². The lowest BCUT2D eigenvalue weighted by Gasteiger charge is -2.37. The predicted octanol–water partition coefficient (Wildman–Crippen LogP) is 2.02. The molecular formula is C13H13FN2O. The van der Waals surface area contributed by atoms with Gasteiger partial charge < -0.3 is 10.1 Å². The first-order valence-electron chi connectivity index (χ1n) is 5.77. The summed E-state index contributed by atoms with van der Waals surface area (Å²) in [4.78, 5) is 0. The van der Waals surface area contributed by atoms with Gasteiger partial charge in [-0.25, -0.2) is 4.39 Å². The number of hydrogen-bond donors (Lipinski definition) is 1. The molecule has 88 valence electrons. The molecule has 1 spiro atoms. The number of ether oxygens (including phenoxy) is 1. The van der Waals surface area contributed by atoms with Crippen molar-refractivity contribution in [2.75, 3.05) is 18.5 Å². The second kappa shape index (κ2) is 3.71. The van der Waals surface area contributed by atoms with E-state index in [0.29, 0.717) is 25.0 Å². The molecule has 0 amide bonds. The van der Waals surface area contributed by atoms with E-state index in [2.05, 4.69) is 11.4 Å². The van der Waals surface area contributed by atoms with Crippen LogP contribution in [0.4, 0.5) is 10.1 Å². The molecule has 3 nitrogen and oxygen atoms in total. The van der Waals surface area contributed by atoms with Crippen LogP contribution in [-0.2, 0) is 11.2 Å². The van der Waals surface area contributed by atoms with Gasteiger partial charge in [-0.05, 0) is 24.1 Å². The molecule has 1 saturated heterocycles. The molecule has 1 N–H and O–H groups in total. The number of nitrogens with zero attached hydrogens (tertiary/aromatic N) is 1. The summed E-state index contributed by atoms with van der Waals surface area (Å²) in [5.74, 6) is 0. The van der Waals surface area contributed by atoms with Crippen molar-refractivity contribution in [2.45, 2.75) is 24.6 Å². The van der Waals surface area contributed by atoms with Crippen LogP contribution >= 0.6 is 0 Å². The lowest BCUT2D eigenvalue weighted by Crippen LogP contribution is -2.52. The molecule has 2 atom stereocenters. The molecule has 2 aliphatic rings. The fourth-order valence-corrected chi connectivity index (χ4v) is 2.72. The molecule has 2 unspecified atom stereocenters. The Bertz CT molecular complexity index is 497. The first-order chi connectivity index (χ1) is 8.25. The van der Waals surface area contributed by atoms with E-state index in [1.807, 2.05) is 12.1 Å². The third kappa shape index (κ3) is 1.50. The number of alkyl halides is 1. The Morgan fingerprint density at radius 3 is 3.18 bits per heavy atom. The first kappa shape index (κ1) is 10.5. The van der Waals surface area contributed by atoms with Gasteiger partial charge in [-0.2, -0.15) is 5.26 Å². The van der Waals surface area contributed by atoms with E-state index < -0.39 is 11.7 Å². The number of benzene rings is 1. The van der Waals surface area contributed by atoms with Crippen LogP contribution in [0.15, 0.2) is 18.2 Å². The molecule has 17 heavy (non-hydrogen) atoms. The van der Waals surface area contributed by atoms with Crippen molar-refractivity contribution in [3.05, 3.63) is 29.3 Å². The highest BCUT2D eigenvalue weighted by atomic mass is 19.1. The molecular weight excluding hydrogens is 219 g/mol. The second-order valence-corrected chi connectivity index (χ2v) is 4.69. The summed E-state index contributed by atoms with van der Waals surface area (Å²) in [6, 6.07) is 7.69. The van der Waals surface area contributed by atoms with Crippen molar-refractivity contribution in [2.24, 2.45) is 0 Å². The van der Waals surface area contributed by atoms with Crippen LogP contribution in [0.25, 0.3) is 0 Å². The third-order valence-corrected chi connectivity index (χ3v) is 3.73. The maximum absolute atomic E-state index is 14.1. The zero-order valence-electron chi connectivity index (χ0n) is 9.37. The quantitative estimate of drug-likeness (QED) is 0.744. The average Bonchev–Trinajstić information content (AvgIpc) is 2.72. The number of anilines is 1. The molecule has 3 rings (SSSR count). The Labute approximate surface area is 99.2 Å². The molecule has 0 bridgehead atoms. The van der Waals surface area contributed by atoms with Gasteiger partial charge in [0.05, 0.1) is 23.8 Å². The van der Waals surface area contributed by atoms with Gasteiger partial charge in [0, 0.05) is 18.7 Å². The second-order valence-electron chi connectivity index (χ2n) is 4.69.